The number of nitrogens with zero attached hydrogens (tertiary/aromatic N) is 1. The first kappa shape index (κ1) is 12.8. The summed E-state index contributed by atoms with van der Waals surface area (Å²) in [5.74, 6) is 1.36. The predicted molar refractivity (Wildman–Crippen MR) is 70.2 cm³/mol. The highest BCUT2D eigenvalue weighted by Crippen LogP contribution is 2.32. The largest absolute Gasteiger partial charge is 0.454 e. The summed E-state index contributed by atoms with van der Waals surface area (Å²) in [4.78, 5) is 24.6. The van der Waals surface area contributed by atoms with Crippen LogP contribution >= 0.6 is 0 Å². The first-order valence-corrected chi connectivity index (χ1v) is 6.55. The van der Waals surface area contributed by atoms with Crippen LogP contribution < -0.4 is 14.8 Å². The Balaban J connectivity index is 1.50. The molecule has 2 heterocycles. The zero-order valence-corrected chi connectivity index (χ0v) is 11.2. The third-order valence-corrected chi connectivity index (χ3v) is 3.60. The third-order valence-electron chi connectivity index (χ3n) is 3.60. The maximum Gasteiger partial charge on any atom is 0.231 e. The summed E-state index contributed by atoms with van der Waals surface area (Å²) < 4.78 is 10.5. The lowest BCUT2D eigenvalue weighted by Crippen LogP contribution is -2.55. The summed E-state index contributed by atoms with van der Waals surface area (Å²) in [6, 6.07) is 5.60. The minimum absolute atomic E-state index is 0.0137. The van der Waals surface area contributed by atoms with E-state index in [9.17, 15) is 9.59 Å². The molecule has 2 amide bonds. The van der Waals surface area contributed by atoms with Crippen molar-refractivity contribution in [2.45, 2.75) is 13.5 Å². The van der Waals surface area contributed by atoms with Crippen molar-refractivity contribution in [3.8, 4) is 11.5 Å². The van der Waals surface area contributed by atoms with Crippen LogP contribution in [0.4, 0.5) is 0 Å². The number of ether oxygens (including phenoxy) is 2. The highest BCUT2D eigenvalue weighted by atomic mass is 16.7. The first-order valence-electron chi connectivity index (χ1n) is 6.55. The van der Waals surface area contributed by atoms with Gasteiger partial charge in [0.1, 0.15) is 0 Å². The first-order chi connectivity index (χ1) is 9.63. The number of hydrogen-bond acceptors (Lipinski definition) is 4. The Bertz CT molecular complexity index is 552. The summed E-state index contributed by atoms with van der Waals surface area (Å²) in [6.45, 7) is 3.24. The summed E-state index contributed by atoms with van der Waals surface area (Å²) in [5, 5.41) is 2.88. The molecule has 0 spiro atoms. The fourth-order valence-corrected chi connectivity index (χ4v) is 2.29. The Morgan fingerprint density at radius 1 is 1.30 bits per heavy atom. The molecule has 106 valence electrons. The lowest BCUT2D eigenvalue weighted by Gasteiger charge is -2.37. The second kappa shape index (κ2) is 5.03. The van der Waals surface area contributed by atoms with Gasteiger partial charge >= 0.3 is 0 Å². The third kappa shape index (κ3) is 2.41. The van der Waals surface area contributed by atoms with E-state index in [1.807, 2.05) is 18.2 Å². The second-order valence-corrected chi connectivity index (χ2v) is 5.03. The Labute approximate surface area is 116 Å². The molecule has 0 aliphatic carbocycles. The number of nitrogens with one attached hydrogen (secondary N) is 1. The van der Waals surface area contributed by atoms with E-state index in [1.54, 1.807) is 4.90 Å². The van der Waals surface area contributed by atoms with Gasteiger partial charge in [0.15, 0.2) is 11.5 Å². The van der Waals surface area contributed by atoms with Crippen molar-refractivity contribution < 1.29 is 19.1 Å². The number of rotatable bonds is 3. The van der Waals surface area contributed by atoms with Gasteiger partial charge in [-0.05, 0) is 17.7 Å². The van der Waals surface area contributed by atoms with E-state index in [4.69, 9.17) is 9.47 Å². The minimum Gasteiger partial charge on any atom is -0.454 e. The van der Waals surface area contributed by atoms with Crippen LogP contribution in [0, 0.1) is 5.92 Å². The number of likely N-dealkylation sites (tertiary alicyclic amines) is 1. The maximum atomic E-state index is 11.9. The molecule has 6 nitrogen and oxygen atoms in total. The number of carbonyl (C=O) groups is 2. The second-order valence-electron chi connectivity index (χ2n) is 5.03. The van der Waals surface area contributed by atoms with Gasteiger partial charge in [0, 0.05) is 26.6 Å². The van der Waals surface area contributed by atoms with Gasteiger partial charge in [-0.25, -0.2) is 0 Å². The fraction of sp³-hybridized carbons (Fsp3) is 0.429. The molecular formula is C14H16N2O4. The van der Waals surface area contributed by atoms with Crippen LogP contribution in [0.25, 0.3) is 0 Å². The van der Waals surface area contributed by atoms with Crippen LogP contribution in [0.5, 0.6) is 11.5 Å². The van der Waals surface area contributed by atoms with E-state index in [1.165, 1.54) is 6.92 Å². The van der Waals surface area contributed by atoms with E-state index < -0.39 is 0 Å². The summed E-state index contributed by atoms with van der Waals surface area (Å²) >= 11 is 0. The van der Waals surface area contributed by atoms with Gasteiger partial charge < -0.3 is 19.7 Å². The zero-order chi connectivity index (χ0) is 14.1. The molecule has 0 unspecified atom stereocenters. The van der Waals surface area contributed by atoms with Crippen LogP contribution in [-0.2, 0) is 16.1 Å². The van der Waals surface area contributed by atoms with E-state index in [0.717, 1.165) is 11.3 Å². The number of amides is 2. The fourth-order valence-electron chi connectivity index (χ4n) is 2.29. The molecule has 0 atom stereocenters. The summed E-state index contributed by atoms with van der Waals surface area (Å²) in [6.07, 6.45) is 0. The Morgan fingerprint density at radius 2 is 2.05 bits per heavy atom. The quantitative estimate of drug-likeness (QED) is 0.873. The molecule has 1 fully saturated rings. The molecule has 0 saturated carbocycles. The lowest BCUT2D eigenvalue weighted by atomic mass is 9.99. The molecule has 3 rings (SSSR count). The summed E-state index contributed by atoms with van der Waals surface area (Å²) in [5.41, 5.74) is 0.963. The molecule has 0 radical (unpaired) electrons. The minimum atomic E-state index is -0.0899. The number of carbonyl (C=O) groups excluding carboxylic acids is 2. The molecule has 1 saturated heterocycles. The lowest BCUT2D eigenvalue weighted by molar-refractivity contribution is -0.141. The molecule has 1 aromatic carbocycles. The summed E-state index contributed by atoms with van der Waals surface area (Å²) in [7, 11) is 0. The monoisotopic (exact) mass is 276 g/mol. The normalized spacial score (nSPS) is 16.8. The van der Waals surface area contributed by atoms with Crippen molar-refractivity contribution >= 4 is 11.8 Å². The molecule has 1 aromatic rings. The molecule has 0 aromatic heterocycles. The van der Waals surface area contributed by atoms with Gasteiger partial charge in [0.05, 0.1) is 5.92 Å². The smallest absolute Gasteiger partial charge is 0.231 e. The molecule has 2 aliphatic rings. The van der Waals surface area contributed by atoms with Crippen molar-refractivity contribution in [3.05, 3.63) is 23.8 Å². The van der Waals surface area contributed by atoms with Gasteiger partial charge in [-0.2, -0.15) is 0 Å². The topological polar surface area (TPSA) is 67.9 Å². The number of hydrogen-bond donors (Lipinski definition) is 1. The number of benzene rings is 1. The van der Waals surface area contributed by atoms with Gasteiger partial charge in [0.2, 0.25) is 18.6 Å². The SMILES string of the molecule is CC(=O)N1CC(C(=O)NCc2ccc3c(c2)OCO3)C1. The highest BCUT2D eigenvalue weighted by Gasteiger charge is 2.33. The Hall–Kier alpha value is -2.24. The maximum absolute atomic E-state index is 11.9. The van der Waals surface area contributed by atoms with E-state index >= 15 is 0 Å². The van der Waals surface area contributed by atoms with Crippen LogP contribution in [-0.4, -0.2) is 36.6 Å². The van der Waals surface area contributed by atoms with Crippen molar-refractivity contribution in [3.63, 3.8) is 0 Å². The predicted octanol–water partition coefficient (Wildman–Crippen LogP) is 0.510. The average Bonchev–Trinajstić information content (AvgIpc) is 2.81. The van der Waals surface area contributed by atoms with Crippen LogP contribution in [0.15, 0.2) is 18.2 Å². The van der Waals surface area contributed by atoms with E-state index in [-0.39, 0.29) is 24.5 Å². The molecule has 1 N–H and O–H groups in total. The number of fused-ring (bicyclic) bond motifs is 1. The highest BCUT2D eigenvalue weighted by molar-refractivity contribution is 5.83. The van der Waals surface area contributed by atoms with Crippen molar-refractivity contribution in [2.24, 2.45) is 5.92 Å². The van der Waals surface area contributed by atoms with Crippen LogP contribution in [0.2, 0.25) is 0 Å². The van der Waals surface area contributed by atoms with Gasteiger partial charge in [-0.15, -0.1) is 0 Å². The van der Waals surface area contributed by atoms with Crippen molar-refractivity contribution in [2.75, 3.05) is 19.9 Å². The van der Waals surface area contributed by atoms with Gasteiger partial charge in [0.25, 0.3) is 0 Å². The molecule has 2 aliphatic heterocycles. The van der Waals surface area contributed by atoms with E-state index in [2.05, 4.69) is 5.32 Å². The Morgan fingerprint density at radius 3 is 2.80 bits per heavy atom. The van der Waals surface area contributed by atoms with Gasteiger partial charge in [-0.1, -0.05) is 6.07 Å². The molecule has 0 bridgehead atoms. The van der Waals surface area contributed by atoms with Crippen LogP contribution in [0.1, 0.15) is 12.5 Å². The van der Waals surface area contributed by atoms with Gasteiger partial charge in [-0.3, -0.25) is 9.59 Å². The standard InChI is InChI=1S/C14H16N2O4/c1-9(17)16-6-11(7-16)14(18)15-5-10-2-3-12-13(4-10)20-8-19-12/h2-4,11H,5-8H2,1H3,(H,15,18). The average molecular weight is 276 g/mol. The van der Waals surface area contributed by atoms with Crippen molar-refractivity contribution in [1.29, 1.82) is 0 Å². The van der Waals surface area contributed by atoms with Crippen molar-refractivity contribution in [1.82, 2.24) is 10.2 Å². The van der Waals surface area contributed by atoms with E-state index in [0.29, 0.717) is 25.4 Å². The molecule has 6 heteroatoms. The van der Waals surface area contributed by atoms with Crippen LogP contribution in [0.3, 0.4) is 0 Å². The Kier molecular flexibility index (Phi) is 3.22. The molecule has 20 heavy (non-hydrogen) atoms. The zero-order valence-electron chi connectivity index (χ0n) is 11.2. The molecular weight excluding hydrogens is 260 g/mol.